The number of rotatable bonds is 5. The van der Waals surface area contributed by atoms with Gasteiger partial charge < -0.3 is 9.88 Å². The van der Waals surface area contributed by atoms with E-state index in [9.17, 15) is 0 Å². The van der Waals surface area contributed by atoms with Crippen molar-refractivity contribution in [1.82, 2.24) is 14.9 Å². The Morgan fingerprint density at radius 1 is 1.47 bits per heavy atom. The summed E-state index contributed by atoms with van der Waals surface area (Å²) in [6.45, 7) is 10.6. The highest BCUT2D eigenvalue weighted by atomic mass is 15.1. The molecule has 1 heterocycles. The Balaban J connectivity index is 0.000000921. The van der Waals surface area contributed by atoms with Gasteiger partial charge >= 0.3 is 0 Å². The first-order chi connectivity index (χ1) is 7.22. The minimum absolute atomic E-state index is 0.771. The number of aromatic nitrogens is 2. The standard InChI is InChI=1S/C10H19N3.C2H6/c1-4-9(2)6-13(3)7-10-5-11-8-12-10;1-2/h5,8-9H,4,6-7H2,1-3H3,(H,11,12);1-2H3. The molecule has 3 heteroatoms. The van der Waals surface area contributed by atoms with Gasteiger partial charge in [0.05, 0.1) is 6.33 Å². The minimum atomic E-state index is 0.771. The molecule has 0 aliphatic carbocycles. The summed E-state index contributed by atoms with van der Waals surface area (Å²) < 4.78 is 0. The first-order valence-corrected chi connectivity index (χ1v) is 5.88. The van der Waals surface area contributed by atoms with Crippen molar-refractivity contribution in [3.8, 4) is 0 Å². The Labute approximate surface area is 93.9 Å². The molecule has 0 amide bonds. The summed E-state index contributed by atoms with van der Waals surface area (Å²) in [5, 5.41) is 0. The molecule has 1 aromatic rings. The minimum Gasteiger partial charge on any atom is -0.347 e. The summed E-state index contributed by atoms with van der Waals surface area (Å²) in [6.07, 6.45) is 4.85. The highest BCUT2D eigenvalue weighted by molar-refractivity contribution is 4.93. The second kappa shape index (κ2) is 8.48. The van der Waals surface area contributed by atoms with Gasteiger partial charge in [-0.2, -0.15) is 0 Å². The second-order valence-corrected chi connectivity index (χ2v) is 3.79. The fourth-order valence-electron chi connectivity index (χ4n) is 1.39. The summed E-state index contributed by atoms with van der Waals surface area (Å²) in [5.74, 6) is 0.771. The van der Waals surface area contributed by atoms with Gasteiger partial charge in [-0.25, -0.2) is 4.98 Å². The molecule has 0 fully saturated rings. The summed E-state index contributed by atoms with van der Waals surface area (Å²) in [5.41, 5.74) is 1.19. The Hall–Kier alpha value is -0.830. The molecule has 0 aliphatic rings. The van der Waals surface area contributed by atoms with Gasteiger partial charge in [0.1, 0.15) is 0 Å². The van der Waals surface area contributed by atoms with E-state index in [1.807, 2.05) is 20.0 Å². The SMILES string of the molecule is CC.CCC(C)CN(C)Cc1cnc[nH]1. The van der Waals surface area contributed by atoms with Crippen molar-refractivity contribution in [1.29, 1.82) is 0 Å². The van der Waals surface area contributed by atoms with Crippen LogP contribution < -0.4 is 0 Å². The molecule has 1 aromatic heterocycles. The van der Waals surface area contributed by atoms with Crippen LogP contribution in [0.5, 0.6) is 0 Å². The van der Waals surface area contributed by atoms with Gasteiger partial charge in [0.2, 0.25) is 0 Å². The molecule has 88 valence electrons. The first kappa shape index (κ1) is 14.2. The van der Waals surface area contributed by atoms with E-state index in [0.29, 0.717) is 0 Å². The molecule has 0 aliphatic heterocycles. The van der Waals surface area contributed by atoms with Crippen LogP contribution in [0, 0.1) is 5.92 Å². The van der Waals surface area contributed by atoms with Gasteiger partial charge in [0.25, 0.3) is 0 Å². The van der Waals surface area contributed by atoms with Crippen LogP contribution in [0.25, 0.3) is 0 Å². The van der Waals surface area contributed by atoms with Crippen LogP contribution in [0.2, 0.25) is 0 Å². The van der Waals surface area contributed by atoms with Gasteiger partial charge in [-0.3, -0.25) is 0 Å². The highest BCUT2D eigenvalue weighted by Gasteiger charge is 2.05. The normalized spacial score (nSPS) is 12.1. The third-order valence-corrected chi connectivity index (χ3v) is 2.32. The molecule has 3 nitrogen and oxygen atoms in total. The molecule has 1 unspecified atom stereocenters. The Morgan fingerprint density at radius 2 is 2.13 bits per heavy atom. The zero-order chi connectivity index (χ0) is 11.7. The van der Waals surface area contributed by atoms with E-state index in [1.165, 1.54) is 12.1 Å². The number of nitrogens with one attached hydrogen (secondary N) is 1. The molecular formula is C12H25N3. The van der Waals surface area contributed by atoms with Crippen LogP contribution in [0.15, 0.2) is 12.5 Å². The van der Waals surface area contributed by atoms with Crippen molar-refractivity contribution < 1.29 is 0 Å². The maximum absolute atomic E-state index is 3.99. The summed E-state index contributed by atoms with van der Waals surface area (Å²) in [7, 11) is 2.15. The first-order valence-electron chi connectivity index (χ1n) is 5.88. The average Bonchev–Trinajstić information content (AvgIpc) is 2.73. The molecule has 0 saturated carbocycles. The Morgan fingerprint density at radius 3 is 2.60 bits per heavy atom. The lowest BCUT2D eigenvalue weighted by atomic mass is 10.1. The monoisotopic (exact) mass is 211 g/mol. The molecule has 1 N–H and O–H groups in total. The Kier molecular flexibility index (Phi) is 8.01. The van der Waals surface area contributed by atoms with E-state index in [0.717, 1.165) is 19.0 Å². The summed E-state index contributed by atoms with van der Waals surface area (Å²) in [4.78, 5) is 9.42. The topological polar surface area (TPSA) is 31.9 Å². The predicted octanol–water partition coefficient (Wildman–Crippen LogP) is 2.91. The van der Waals surface area contributed by atoms with E-state index < -0.39 is 0 Å². The van der Waals surface area contributed by atoms with Crippen molar-refractivity contribution in [2.45, 2.75) is 40.7 Å². The fraction of sp³-hybridized carbons (Fsp3) is 0.750. The van der Waals surface area contributed by atoms with Gasteiger partial charge in [-0.15, -0.1) is 0 Å². The number of aromatic amines is 1. The van der Waals surface area contributed by atoms with Crippen LogP contribution in [-0.2, 0) is 6.54 Å². The average molecular weight is 211 g/mol. The zero-order valence-corrected chi connectivity index (χ0v) is 10.7. The van der Waals surface area contributed by atoms with Gasteiger partial charge in [0.15, 0.2) is 0 Å². The maximum atomic E-state index is 3.99. The van der Waals surface area contributed by atoms with Crippen molar-refractivity contribution in [3.05, 3.63) is 18.2 Å². The smallest absolute Gasteiger partial charge is 0.0922 e. The number of imidazole rings is 1. The van der Waals surface area contributed by atoms with Crippen LogP contribution in [0.1, 0.15) is 39.8 Å². The molecule has 0 radical (unpaired) electrons. The number of H-pyrrole nitrogens is 1. The lowest BCUT2D eigenvalue weighted by Crippen LogP contribution is -2.23. The molecular weight excluding hydrogens is 186 g/mol. The number of hydrogen-bond acceptors (Lipinski definition) is 2. The van der Waals surface area contributed by atoms with Gasteiger partial charge in [-0.1, -0.05) is 34.1 Å². The summed E-state index contributed by atoms with van der Waals surface area (Å²) in [6, 6.07) is 0. The number of nitrogens with zero attached hydrogens (tertiary/aromatic N) is 2. The van der Waals surface area contributed by atoms with Crippen molar-refractivity contribution in [3.63, 3.8) is 0 Å². The molecule has 1 rings (SSSR count). The van der Waals surface area contributed by atoms with E-state index >= 15 is 0 Å². The fourth-order valence-corrected chi connectivity index (χ4v) is 1.39. The van der Waals surface area contributed by atoms with Crippen molar-refractivity contribution in [2.75, 3.05) is 13.6 Å². The van der Waals surface area contributed by atoms with E-state index in [4.69, 9.17) is 0 Å². The Bertz CT molecular complexity index is 219. The quantitative estimate of drug-likeness (QED) is 0.812. The molecule has 0 aromatic carbocycles. The van der Waals surface area contributed by atoms with Crippen LogP contribution in [0.3, 0.4) is 0 Å². The van der Waals surface area contributed by atoms with Gasteiger partial charge in [0, 0.05) is 25.0 Å². The maximum Gasteiger partial charge on any atom is 0.0922 e. The van der Waals surface area contributed by atoms with E-state index in [-0.39, 0.29) is 0 Å². The van der Waals surface area contributed by atoms with Crippen molar-refractivity contribution in [2.24, 2.45) is 5.92 Å². The van der Waals surface area contributed by atoms with Crippen molar-refractivity contribution >= 4 is 0 Å². The zero-order valence-electron chi connectivity index (χ0n) is 10.7. The molecule has 15 heavy (non-hydrogen) atoms. The second-order valence-electron chi connectivity index (χ2n) is 3.79. The third kappa shape index (κ3) is 6.28. The lowest BCUT2D eigenvalue weighted by Gasteiger charge is -2.19. The molecule has 0 saturated heterocycles. The lowest BCUT2D eigenvalue weighted by molar-refractivity contribution is 0.273. The molecule has 1 atom stereocenters. The van der Waals surface area contributed by atoms with E-state index in [1.54, 1.807) is 6.33 Å². The van der Waals surface area contributed by atoms with E-state index in [2.05, 4.69) is 35.8 Å². The third-order valence-electron chi connectivity index (χ3n) is 2.32. The number of hydrogen-bond donors (Lipinski definition) is 1. The molecule has 0 spiro atoms. The highest BCUT2D eigenvalue weighted by Crippen LogP contribution is 2.05. The van der Waals surface area contributed by atoms with Crippen LogP contribution >= 0.6 is 0 Å². The van der Waals surface area contributed by atoms with Crippen LogP contribution in [-0.4, -0.2) is 28.5 Å². The predicted molar refractivity (Wildman–Crippen MR) is 65.7 cm³/mol. The largest absolute Gasteiger partial charge is 0.347 e. The van der Waals surface area contributed by atoms with Crippen LogP contribution in [0.4, 0.5) is 0 Å². The molecule has 0 bridgehead atoms. The van der Waals surface area contributed by atoms with Gasteiger partial charge in [-0.05, 0) is 13.0 Å². The summed E-state index contributed by atoms with van der Waals surface area (Å²) >= 11 is 0.